The first kappa shape index (κ1) is 10.7. The van der Waals surface area contributed by atoms with E-state index in [1.54, 1.807) is 11.3 Å². The number of hydrogen-bond donors (Lipinski definition) is 2. The Balaban J connectivity index is 1.71. The van der Waals surface area contributed by atoms with E-state index in [9.17, 15) is 0 Å². The van der Waals surface area contributed by atoms with Gasteiger partial charge < -0.3 is 11.1 Å². The van der Waals surface area contributed by atoms with E-state index in [1.807, 2.05) is 17.8 Å². The van der Waals surface area contributed by atoms with Crippen molar-refractivity contribution in [2.45, 2.75) is 25.4 Å². The lowest BCUT2D eigenvalue weighted by atomic mass is 10.1. The van der Waals surface area contributed by atoms with Crippen molar-refractivity contribution in [1.29, 1.82) is 0 Å². The molecule has 0 aliphatic heterocycles. The number of aromatic nitrogens is 1. The van der Waals surface area contributed by atoms with Gasteiger partial charge in [-0.3, -0.25) is 4.98 Å². The van der Waals surface area contributed by atoms with Gasteiger partial charge in [-0.15, -0.1) is 11.3 Å². The van der Waals surface area contributed by atoms with Crippen LogP contribution in [0.25, 0.3) is 0 Å². The molecule has 0 bridgehead atoms. The highest BCUT2D eigenvalue weighted by Gasteiger charge is 2.21. The SMILES string of the molecule is Nc1ccc2c(c1)CCC2NCc1cncs1. The van der Waals surface area contributed by atoms with Crippen molar-refractivity contribution in [3.05, 3.63) is 45.9 Å². The molecule has 1 aliphatic carbocycles. The predicted octanol–water partition coefficient (Wildman–Crippen LogP) is 2.50. The number of fused-ring (bicyclic) bond motifs is 1. The molecule has 4 heteroatoms. The molecule has 3 rings (SSSR count). The van der Waals surface area contributed by atoms with Crippen LogP contribution in [0.15, 0.2) is 29.9 Å². The van der Waals surface area contributed by atoms with E-state index in [4.69, 9.17) is 5.73 Å². The van der Waals surface area contributed by atoms with Gasteiger partial charge in [-0.2, -0.15) is 0 Å². The quantitative estimate of drug-likeness (QED) is 0.817. The van der Waals surface area contributed by atoms with Crippen molar-refractivity contribution >= 4 is 17.0 Å². The summed E-state index contributed by atoms with van der Waals surface area (Å²) in [6.07, 6.45) is 4.22. The number of nitrogens with two attached hydrogens (primary N) is 1. The van der Waals surface area contributed by atoms with Crippen LogP contribution in [0.2, 0.25) is 0 Å². The summed E-state index contributed by atoms with van der Waals surface area (Å²) in [7, 11) is 0. The van der Waals surface area contributed by atoms with Gasteiger partial charge in [-0.25, -0.2) is 0 Å². The van der Waals surface area contributed by atoms with E-state index >= 15 is 0 Å². The molecular formula is C13H15N3S. The van der Waals surface area contributed by atoms with Crippen LogP contribution >= 0.6 is 11.3 Å². The molecule has 17 heavy (non-hydrogen) atoms. The number of thiazole rings is 1. The maximum Gasteiger partial charge on any atom is 0.0794 e. The van der Waals surface area contributed by atoms with Crippen LogP contribution in [-0.2, 0) is 13.0 Å². The number of rotatable bonds is 3. The molecule has 3 nitrogen and oxygen atoms in total. The summed E-state index contributed by atoms with van der Waals surface area (Å²) < 4.78 is 0. The maximum atomic E-state index is 5.80. The molecule has 1 aliphatic rings. The van der Waals surface area contributed by atoms with Crippen molar-refractivity contribution in [2.75, 3.05) is 5.73 Å². The molecule has 1 unspecified atom stereocenters. The average molecular weight is 245 g/mol. The lowest BCUT2D eigenvalue weighted by Gasteiger charge is -2.13. The molecule has 1 heterocycles. The van der Waals surface area contributed by atoms with Crippen molar-refractivity contribution in [1.82, 2.24) is 10.3 Å². The normalized spacial score (nSPS) is 18.2. The fourth-order valence-corrected chi connectivity index (χ4v) is 2.95. The number of nitrogen functional groups attached to an aromatic ring is 1. The van der Waals surface area contributed by atoms with Crippen LogP contribution in [0.1, 0.15) is 28.5 Å². The minimum atomic E-state index is 0.465. The first-order valence-electron chi connectivity index (χ1n) is 5.82. The molecule has 1 aromatic carbocycles. The highest BCUT2D eigenvalue weighted by atomic mass is 32.1. The summed E-state index contributed by atoms with van der Waals surface area (Å²) in [6, 6.07) is 6.71. The van der Waals surface area contributed by atoms with Gasteiger partial charge in [-0.1, -0.05) is 6.07 Å². The van der Waals surface area contributed by atoms with Crippen molar-refractivity contribution in [3.63, 3.8) is 0 Å². The smallest absolute Gasteiger partial charge is 0.0794 e. The summed E-state index contributed by atoms with van der Waals surface area (Å²) in [4.78, 5) is 5.37. The fourth-order valence-electron chi connectivity index (χ4n) is 2.40. The Morgan fingerprint density at radius 1 is 1.47 bits per heavy atom. The number of anilines is 1. The highest BCUT2D eigenvalue weighted by molar-refractivity contribution is 7.09. The Kier molecular flexibility index (Phi) is 2.82. The largest absolute Gasteiger partial charge is 0.399 e. The van der Waals surface area contributed by atoms with Gasteiger partial charge in [0.2, 0.25) is 0 Å². The van der Waals surface area contributed by atoms with Crippen LogP contribution < -0.4 is 11.1 Å². The van der Waals surface area contributed by atoms with Crippen LogP contribution in [0.4, 0.5) is 5.69 Å². The lowest BCUT2D eigenvalue weighted by Crippen LogP contribution is -2.18. The Labute approximate surface area is 105 Å². The van der Waals surface area contributed by atoms with E-state index < -0.39 is 0 Å². The second kappa shape index (κ2) is 4.47. The molecule has 1 aromatic heterocycles. The molecule has 1 atom stereocenters. The molecule has 0 saturated carbocycles. The number of nitrogens with one attached hydrogen (secondary N) is 1. The Hall–Kier alpha value is -1.39. The molecule has 88 valence electrons. The van der Waals surface area contributed by atoms with E-state index in [0.29, 0.717) is 6.04 Å². The van der Waals surface area contributed by atoms with Crippen LogP contribution in [0, 0.1) is 0 Å². The molecule has 2 aromatic rings. The van der Waals surface area contributed by atoms with Crippen LogP contribution in [-0.4, -0.2) is 4.98 Å². The molecule has 0 fully saturated rings. The first-order chi connectivity index (χ1) is 8.33. The van der Waals surface area contributed by atoms with Gasteiger partial charge in [0.15, 0.2) is 0 Å². The van der Waals surface area contributed by atoms with Gasteiger partial charge in [0.05, 0.1) is 5.51 Å². The van der Waals surface area contributed by atoms with E-state index in [0.717, 1.165) is 25.1 Å². The summed E-state index contributed by atoms with van der Waals surface area (Å²) in [5.74, 6) is 0. The molecule has 0 saturated heterocycles. The predicted molar refractivity (Wildman–Crippen MR) is 70.9 cm³/mol. The zero-order chi connectivity index (χ0) is 11.7. The van der Waals surface area contributed by atoms with Crippen LogP contribution in [0.5, 0.6) is 0 Å². The molecule has 3 N–H and O–H groups in total. The standard InChI is InChI=1S/C13H15N3S/c14-10-2-3-12-9(5-10)1-4-13(12)16-7-11-6-15-8-17-11/h2-3,5-6,8,13,16H,1,4,7,14H2. The third-order valence-corrected chi connectivity index (χ3v) is 4.03. The number of benzene rings is 1. The molecule has 0 spiro atoms. The lowest BCUT2D eigenvalue weighted by molar-refractivity contribution is 0.533. The Bertz CT molecular complexity index is 507. The summed E-state index contributed by atoms with van der Waals surface area (Å²) in [5.41, 5.74) is 11.3. The fraction of sp³-hybridized carbons (Fsp3) is 0.308. The number of hydrogen-bond acceptors (Lipinski definition) is 4. The van der Waals surface area contributed by atoms with Crippen molar-refractivity contribution in [3.8, 4) is 0 Å². The van der Waals surface area contributed by atoms with Gasteiger partial charge in [-0.05, 0) is 36.1 Å². The molecular weight excluding hydrogens is 230 g/mol. The van der Waals surface area contributed by atoms with Gasteiger partial charge in [0.25, 0.3) is 0 Å². The first-order valence-corrected chi connectivity index (χ1v) is 6.70. The van der Waals surface area contributed by atoms with E-state index in [2.05, 4.69) is 22.4 Å². The zero-order valence-corrected chi connectivity index (χ0v) is 10.3. The van der Waals surface area contributed by atoms with Crippen molar-refractivity contribution in [2.24, 2.45) is 0 Å². The molecule has 0 radical (unpaired) electrons. The van der Waals surface area contributed by atoms with Crippen molar-refractivity contribution < 1.29 is 0 Å². The maximum absolute atomic E-state index is 5.80. The van der Waals surface area contributed by atoms with E-state index in [1.165, 1.54) is 16.0 Å². The monoisotopic (exact) mass is 245 g/mol. The summed E-state index contributed by atoms with van der Waals surface area (Å²) >= 11 is 1.70. The third-order valence-electron chi connectivity index (χ3n) is 3.25. The Morgan fingerprint density at radius 3 is 3.24 bits per heavy atom. The summed E-state index contributed by atoms with van der Waals surface area (Å²) in [5, 5.41) is 3.59. The minimum Gasteiger partial charge on any atom is -0.399 e. The van der Waals surface area contributed by atoms with Gasteiger partial charge in [0, 0.05) is 29.3 Å². The zero-order valence-electron chi connectivity index (χ0n) is 9.52. The second-order valence-corrected chi connectivity index (χ2v) is 5.37. The average Bonchev–Trinajstić information content (AvgIpc) is 2.94. The Morgan fingerprint density at radius 2 is 2.41 bits per heavy atom. The second-order valence-electron chi connectivity index (χ2n) is 4.40. The molecule has 0 amide bonds. The third kappa shape index (κ3) is 2.18. The van der Waals surface area contributed by atoms with Crippen LogP contribution in [0.3, 0.4) is 0 Å². The number of aryl methyl sites for hydroxylation is 1. The van der Waals surface area contributed by atoms with E-state index in [-0.39, 0.29) is 0 Å². The highest BCUT2D eigenvalue weighted by Crippen LogP contribution is 2.32. The topological polar surface area (TPSA) is 50.9 Å². The van der Waals surface area contributed by atoms with Gasteiger partial charge in [0.1, 0.15) is 0 Å². The number of nitrogens with zero attached hydrogens (tertiary/aromatic N) is 1. The summed E-state index contributed by atoms with van der Waals surface area (Å²) in [6.45, 7) is 0.902. The van der Waals surface area contributed by atoms with Gasteiger partial charge >= 0.3 is 0 Å². The minimum absolute atomic E-state index is 0.465.